The second-order valence-electron chi connectivity index (χ2n) is 12.2. The Labute approximate surface area is 282 Å². The van der Waals surface area contributed by atoms with Gasteiger partial charge >= 0.3 is 6.09 Å². The van der Waals surface area contributed by atoms with Gasteiger partial charge in [0, 0.05) is 63.1 Å². The summed E-state index contributed by atoms with van der Waals surface area (Å²) in [5, 5.41) is 12.4. The van der Waals surface area contributed by atoms with Gasteiger partial charge in [-0.1, -0.05) is 80.2 Å². The van der Waals surface area contributed by atoms with Gasteiger partial charge in [0.05, 0.1) is 18.8 Å². The summed E-state index contributed by atoms with van der Waals surface area (Å²) in [6.07, 6.45) is 3.78. The van der Waals surface area contributed by atoms with Crippen molar-refractivity contribution in [2.24, 2.45) is 5.92 Å². The summed E-state index contributed by atoms with van der Waals surface area (Å²) in [5.41, 5.74) is 5.86. The van der Waals surface area contributed by atoms with E-state index in [0.717, 1.165) is 72.1 Å². The van der Waals surface area contributed by atoms with Crippen LogP contribution in [-0.4, -0.2) is 71.5 Å². The molecule has 2 aliphatic rings. The summed E-state index contributed by atoms with van der Waals surface area (Å²) in [6, 6.07) is 26.2. The lowest BCUT2D eigenvalue weighted by molar-refractivity contribution is -0.276. The number of carbonyl (C=O) groups excluding carboxylic acids is 1. The maximum absolute atomic E-state index is 11.9. The summed E-state index contributed by atoms with van der Waals surface area (Å²) in [5.74, 6) is 0.856. The molecule has 250 valence electrons. The van der Waals surface area contributed by atoms with Gasteiger partial charge in [0.2, 0.25) is 5.95 Å². The molecule has 0 radical (unpaired) electrons. The fraction of sp³-hybridized carbons (Fsp3) is 0.342. The van der Waals surface area contributed by atoms with Crippen LogP contribution in [0.2, 0.25) is 0 Å². The standard InChI is InChI=1S/C38H43N5O5/c1-3-21-46-38(45)41-24-29-7-4-8-31(22-29)32-9-5-10-33(23-32)36-47-34(27(2)35(48-36)30-13-11-28(26-44)12-14-30)25-42-17-19-43(20-18-42)37-39-15-6-16-40-37/h3-16,22-23,27,34-36,44H,1,17-21,24-26H2,2H3,(H,41,45)/t27-,34+,35+,36+/m1/s1. The Hall–Kier alpha value is -4.61. The molecular weight excluding hydrogens is 606 g/mol. The van der Waals surface area contributed by atoms with Crippen molar-refractivity contribution < 1.29 is 24.1 Å². The fourth-order valence-electron chi connectivity index (χ4n) is 6.25. The van der Waals surface area contributed by atoms with Gasteiger partial charge in [0.25, 0.3) is 0 Å². The van der Waals surface area contributed by atoms with Crippen LogP contribution in [-0.2, 0) is 27.4 Å². The molecule has 6 rings (SSSR count). The fourth-order valence-corrected chi connectivity index (χ4v) is 6.25. The summed E-state index contributed by atoms with van der Waals surface area (Å²) in [6.45, 7) is 10.5. The van der Waals surface area contributed by atoms with E-state index in [1.54, 1.807) is 12.4 Å². The molecule has 2 N–H and O–H groups in total. The van der Waals surface area contributed by atoms with Crippen molar-refractivity contribution >= 4 is 12.0 Å². The Morgan fingerprint density at radius 1 is 0.938 bits per heavy atom. The average molecular weight is 650 g/mol. The van der Waals surface area contributed by atoms with E-state index >= 15 is 0 Å². The van der Waals surface area contributed by atoms with E-state index in [9.17, 15) is 9.90 Å². The first-order valence-electron chi connectivity index (χ1n) is 16.5. The molecule has 2 fully saturated rings. The Morgan fingerprint density at radius 3 is 2.40 bits per heavy atom. The van der Waals surface area contributed by atoms with Gasteiger partial charge < -0.3 is 29.5 Å². The van der Waals surface area contributed by atoms with Crippen molar-refractivity contribution in [1.82, 2.24) is 20.2 Å². The first-order chi connectivity index (χ1) is 23.5. The molecule has 0 bridgehead atoms. The lowest BCUT2D eigenvalue weighted by Gasteiger charge is -2.44. The molecule has 0 unspecified atom stereocenters. The van der Waals surface area contributed by atoms with Crippen molar-refractivity contribution in [1.29, 1.82) is 0 Å². The molecule has 10 nitrogen and oxygen atoms in total. The first kappa shape index (κ1) is 33.3. The van der Waals surface area contributed by atoms with E-state index in [1.807, 2.05) is 54.6 Å². The zero-order valence-electron chi connectivity index (χ0n) is 27.3. The summed E-state index contributed by atoms with van der Waals surface area (Å²) >= 11 is 0. The minimum Gasteiger partial charge on any atom is -0.445 e. The molecule has 4 atom stereocenters. The number of hydrogen-bond acceptors (Lipinski definition) is 9. The molecule has 2 saturated heterocycles. The molecule has 1 aromatic heterocycles. The highest BCUT2D eigenvalue weighted by Crippen LogP contribution is 2.42. The van der Waals surface area contributed by atoms with Crippen LogP contribution in [0.1, 0.15) is 41.6 Å². The predicted molar refractivity (Wildman–Crippen MR) is 184 cm³/mol. The van der Waals surface area contributed by atoms with E-state index in [0.29, 0.717) is 6.54 Å². The average Bonchev–Trinajstić information content (AvgIpc) is 3.15. The molecule has 3 aromatic carbocycles. The number of anilines is 1. The third kappa shape index (κ3) is 8.26. The maximum atomic E-state index is 11.9. The number of amides is 1. The van der Waals surface area contributed by atoms with E-state index < -0.39 is 12.4 Å². The number of ether oxygens (including phenoxy) is 3. The predicted octanol–water partition coefficient (Wildman–Crippen LogP) is 5.66. The number of carbonyl (C=O) groups is 1. The van der Waals surface area contributed by atoms with Gasteiger partial charge in [-0.3, -0.25) is 4.90 Å². The summed E-state index contributed by atoms with van der Waals surface area (Å²) in [4.78, 5) is 25.5. The third-order valence-electron chi connectivity index (χ3n) is 8.96. The number of alkyl carbamates (subject to hydrolysis) is 1. The quantitative estimate of drug-likeness (QED) is 0.199. The van der Waals surface area contributed by atoms with Crippen LogP contribution in [0.25, 0.3) is 11.1 Å². The van der Waals surface area contributed by atoms with Crippen molar-refractivity contribution in [3.8, 4) is 11.1 Å². The van der Waals surface area contributed by atoms with Crippen LogP contribution in [0.5, 0.6) is 0 Å². The number of rotatable bonds is 11. The SMILES string of the molecule is C=CCOC(=O)NCc1cccc(-c2cccc([C@H]3O[C@@H](CN4CCN(c5ncccn5)CC4)[C@@H](C)[C@@H](c4ccc(CO)cc4)O3)c2)c1. The van der Waals surface area contributed by atoms with Crippen LogP contribution in [0.3, 0.4) is 0 Å². The van der Waals surface area contributed by atoms with Crippen molar-refractivity contribution in [3.05, 3.63) is 126 Å². The van der Waals surface area contributed by atoms with Crippen LogP contribution in [0.15, 0.2) is 104 Å². The first-order valence-corrected chi connectivity index (χ1v) is 16.5. The van der Waals surface area contributed by atoms with E-state index in [4.69, 9.17) is 14.2 Å². The van der Waals surface area contributed by atoms with Crippen molar-refractivity contribution in [3.63, 3.8) is 0 Å². The minimum atomic E-state index is -0.572. The third-order valence-corrected chi connectivity index (χ3v) is 8.96. The lowest BCUT2D eigenvalue weighted by Crippen LogP contribution is -2.51. The van der Waals surface area contributed by atoms with Gasteiger partial charge in [0.1, 0.15) is 6.61 Å². The Balaban J connectivity index is 1.19. The summed E-state index contributed by atoms with van der Waals surface area (Å²) < 4.78 is 18.6. The second-order valence-corrected chi connectivity index (χ2v) is 12.2. The number of piperazine rings is 1. The molecule has 2 aliphatic heterocycles. The molecule has 0 saturated carbocycles. The zero-order chi connectivity index (χ0) is 33.3. The highest BCUT2D eigenvalue weighted by molar-refractivity contribution is 5.68. The Bertz CT molecular complexity index is 1650. The van der Waals surface area contributed by atoms with Crippen LogP contribution in [0, 0.1) is 5.92 Å². The normalized spacial score (nSPS) is 21.4. The maximum Gasteiger partial charge on any atom is 0.407 e. The van der Waals surface area contributed by atoms with Gasteiger partial charge in [0.15, 0.2) is 6.29 Å². The Kier molecular flexibility index (Phi) is 11.1. The van der Waals surface area contributed by atoms with E-state index in [-0.39, 0.29) is 31.3 Å². The van der Waals surface area contributed by atoms with Gasteiger partial charge in [-0.25, -0.2) is 14.8 Å². The van der Waals surface area contributed by atoms with Crippen molar-refractivity contribution in [2.75, 3.05) is 44.2 Å². The van der Waals surface area contributed by atoms with Gasteiger partial charge in [-0.2, -0.15) is 0 Å². The van der Waals surface area contributed by atoms with E-state index in [2.05, 4.69) is 62.9 Å². The molecule has 3 heterocycles. The smallest absolute Gasteiger partial charge is 0.407 e. The number of aliphatic hydroxyl groups excluding tert-OH is 1. The molecule has 1 amide bonds. The highest BCUT2D eigenvalue weighted by atomic mass is 16.7. The summed E-state index contributed by atoms with van der Waals surface area (Å²) in [7, 11) is 0. The molecule has 4 aromatic rings. The Morgan fingerprint density at radius 2 is 1.67 bits per heavy atom. The molecular formula is C38H43N5O5. The number of hydrogen-bond donors (Lipinski definition) is 2. The van der Waals surface area contributed by atoms with Crippen LogP contribution in [0.4, 0.5) is 10.7 Å². The lowest BCUT2D eigenvalue weighted by atomic mass is 9.89. The van der Waals surface area contributed by atoms with Crippen LogP contribution < -0.4 is 10.2 Å². The topological polar surface area (TPSA) is 109 Å². The highest BCUT2D eigenvalue weighted by Gasteiger charge is 2.39. The van der Waals surface area contributed by atoms with Gasteiger partial charge in [-0.05, 0) is 46.0 Å². The molecule has 0 spiro atoms. The zero-order valence-corrected chi connectivity index (χ0v) is 27.3. The number of aliphatic hydroxyl groups is 1. The number of nitrogens with zero attached hydrogens (tertiary/aromatic N) is 4. The van der Waals surface area contributed by atoms with E-state index in [1.165, 1.54) is 6.08 Å². The molecule has 10 heteroatoms. The minimum absolute atomic E-state index is 0.000824. The van der Waals surface area contributed by atoms with Crippen molar-refractivity contribution in [2.45, 2.75) is 38.6 Å². The monoisotopic (exact) mass is 649 g/mol. The number of aromatic nitrogens is 2. The molecule has 0 aliphatic carbocycles. The largest absolute Gasteiger partial charge is 0.445 e. The second kappa shape index (κ2) is 16.0. The number of benzene rings is 3. The van der Waals surface area contributed by atoms with Crippen LogP contribution >= 0.6 is 0 Å². The number of nitrogens with one attached hydrogen (secondary N) is 1. The molecule has 48 heavy (non-hydrogen) atoms. The van der Waals surface area contributed by atoms with Gasteiger partial charge in [-0.15, -0.1) is 0 Å².